The molecular weight excluding hydrogens is 325 g/mol. The summed E-state index contributed by atoms with van der Waals surface area (Å²) < 4.78 is 18.5. The summed E-state index contributed by atoms with van der Waals surface area (Å²) in [5, 5.41) is 6.00. The maximum absolute atomic E-state index is 13.5. The molecule has 0 atom stereocenters. The summed E-state index contributed by atoms with van der Waals surface area (Å²) in [7, 11) is 0. The predicted octanol–water partition coefficient (Wildman–Crippen LogP) is 1.69. The number of carbonyl (C=O) groups excluding carboxylic acids is 2. The van der Waals surface area contributed by atoms with Crippen LogP contribution in [-0.4, -0.2) is 55.7 Å². The maximum Gasteiger partial charge on any atom is 0.409 e. The lowest BCUT2D eigenvalue weighted by Crippen LogP contribution is -2.47. The molecule has 1 aromatic rings. The number of nitrogens with one attached hydrogen (secondary N) is 2. The Morgan fingerprint density at radius 1 is 1.28 bits per heavy atom. The first-order valence-corrected chi connectivity index (χ1v) is 8.75. The minimum Gasteiger partial charge on any atom is -0.450 e. The molecule has 0 unspecified atom stereocenters. The average Bonchev–Trinajstić information content (AvgIpc) is 2.62. The largest absolute Gasteiger partial charge is 0.450 e. The first-order valence-electron chi connectivity index (χ1n) is 8.75. The van der Waals surface area contributed by atoms with Crippen LogP contribution in [0.2, 0.25) is 0 Å². The Morgan fingerprint density at radius 3 is 2.68 bits per heavy atom. The number of ether oxygens (including phenoxy) is 1. The van der Waals surface area contributed by atoms with Crippen molar-refractivity contribution in [2.24, 2.45) is 0 Å². The van der Waals surface area contributed by atoms with Gasteiger partial charge >= 0.3 is 6.09 Å². The third kappa shape index (κ3) is 6.34. The molecule has 2 rings (SSSR count). The average molecular weight is 351 g/mol. The van der Waals surface area contributed by atoms with Crippen LogP contribution in [0.25, 0.3) is 0 Å². The second kappa shape index (κ2) is 9.98. The first-order chi connectivity index (χ1) is 12.1. The molecule has 1 aliphatic heterocycles. The highest BCUT2D eigenvalue weighted by atomic mass is 19.1. The zero-order valence-corrected chi connectivity index (χ0v) is 14.6. The number of amides is 2. The van der Waals surface area contributed by atoms with Gasteiger partial charge in [0.15, 0.2) is 0 Å². The molecule has 138 valence electrons. The van der Waals surface area contributed by atoms with Crippen molar-refractivity contribution >= 4 is 12.0 Å². The van der Waals surface area contributed by atoms with Gasteiger partial charge in [0.1, 0.15) is 5.82 Å². The topological polar surface area (TPSA) is 70.7 Å². The second-order valence-electron chi connectivity index (χ2n) is 6.03. The standard InChI is InChI=1S/C18H26FN3O3/c1-2-25-18(24)22-11-8-15(9-12-22)21-13-17(23)20-10-7-14-5-3-4-6-16(14)19/h3-6,15,21H,2,7-13H2,1H3,(H,20,23). The van der Waals surface area contributed by atoms with E-state index >= 15 is 0 Å². The minimum atomic E-state index is -0.271. The quantitative estimate of drug-likeness (QED) is 0.784. The van der Waals surface area contributed by atoms with Gasteiger partial charge in [-0.15, -0.1) is 0 Å². The highest BCUT2D eigenvalue weighted by Crippen LogP contribution is 2.11. The summed E-state index contributed by atoms with van der Waals surface area (Å²) >= 11 is 0. The number of benzene rings is 1. The van der Waals surface area contributed by atoms with Crippen LogP contribution in [0, 0.1) is 5.82 Å². The Kier molecular flexibility index (Phi) is 7.66. The molecule has 2 amide bonds. The fourth-order valence-electron chi connectivity index (χ4n) is 2.82. The lowest BCUT2D eigenvalue weighted by molar-refractivity contribution is -0.120. The van der Waals surface area contributed by atoms with E-state index in [1.165, 1.54) is 6.07 Å². The molecule has 2 N–H and O–H groups in total. The van der Waals surface area contributed by atoms with Gasteiger partial charge in [0, 0.05) is 25.7 Å². The molecule has 1 aromatic carbocycles. The molecule has 1 aliphatic rings. The SMILES string of the molecule is CCOC(=O)N1CCC(NCC(=O)NCCc2ccccc2F)CC1. The molecule has 1 heterocycles. The zero-order chi connectivity index (χ0) is 18.1. The van der Waals surface area contributed by atoms with Crippen molar-refractivity contribution in [3.8, 4) is 0 Å². The normalized spacial score (nSPS) is 15.0. The number of rotatable bonds is 7. The van der Waals surface area contributed by atoms with E-state index < -0.39 is 0 Å². The third-order valence-electron chi connectivity index (χ3n) is 4.25. The number of likely N-dealkylation sites (tertiary alicyclic amines) is 1. The zero-order valence-electron chi connectivity index (χ0n) is 14.6. The van der Waals surface area contributed by atoms with E-state index in [0.29, 0.717) is 38.2 Å². The van der Waals surface area contributed by atoms with Crippen molar-refractivity contribution < 1.29 is 18.7 Å². The fourth-order valence-corrected chi connectivity index (χ4v) is 2.82. The number of nitrogens with zero attached hydrogens (tertiary/aromatic N) is 1. The lowest BCUT2D eigenvalue weighted by Gasteiger charge is -2.31. The Bertz CT molecular complexity index is 574. The maximum atomic E-state index is 13.5. The molecule has 1 saturated heterocycles. The molecule has 0 saturated carbocycles. The first kappa shape index (κ1) is 19.2. The minimum absolute atomic E-state index is 0.107. The summed E-state index contributed by atoms with van der Waals surface area (Å²) in [5.74, 6) is -0.354. The van der Waals surface area contributed by atoms with Gasteiger partial charge in [-0.25, -0.2) is 9.18 Å². The van der Waals surface area contributed by atoms with Crippen LogP contribution in [0.5, 0.6) is 0 Å². The van der Waals surface area contributed by atoms with Crippen molar-refractivity contribution in [2.75, 3.05) is 32.8 Å². The molecule has 6 nitrogen and oxygen atoms in total. The van der Waals surface area contributed by atoms with Crippen molar-refractivity contribution in [1.29, 1.82) is 0 Å². The van der Waals surface area contributed by atoms with E-state index in [1.807, 2.05) is 0 Å². The fraction of sp³-hybridized carbons (Fsp3) is 0.556. The van der Waals surface area contributed by atoms with Crippen LogP contribution in [0.1, 0.15) is 25.3 Å². The van der Waals surface area contributed by atoms with Crippen LogP contribution in [0.15, 0.2) is 24.3 Å². The van der Waals surface area contributed by atoms with Gasteiger partial charge in [0.05, 0.1) is 13.2 Å². The summed E-state index contributed by atoms with van der Waals surface area (Å²) in [5.41, 5.74) is 0.599. The van der Waals surface area contributed by atoms with Crippen LogP contribution in [0.3, 0.4) is 0 Å². The predicted molar refractivity (Wildman–Crippen MR) is 92.7 cm³/mol. The summed E-state index contributed by atoms with van der Waals surface area (Å²) in [6, 6.07) is 6.78. The highest BCUT2D eigenvalue weighted by Gasteiger charge is 2.23. The lowest BCUT2D eigenvalue weighted by atomic mass is 10.1. The van der Waals surface area contributed by atoms with Crippen molar-refractivity contribution in [1.82, 2.24) is 15.5 Å². The van der Waals surface area contributed by atoms with E-state index in [-0.39, 0.29) is 30.4 Å². The molecule has 1 fully saturated rings. The molecule has 0 radical (unpaired) electrons. The van der Waals surface area contributed by atoms with E-state index in [1.54, 1.807) is 30.0 Å². The van der Waals surface area contributed by atoms with Gasteiger partial charge in [-0.1, -0.05) is 18.2 Å². The van der Waals surface area contributed by atoms with Crippen molar-refractivity contribution in [2.45, 2.75) is 32.2 Å². The summed E-state index contributed by atoms with van der Waals surface area (Å²) in [4.78, 5) is 25.2. The number of piperidine rings is 1. The molecule has 0 aliphatic carbocycles. The van der Waals surface area contributed by atoms with Crippen LogP contribution >= 0.6 is 0 Å². The van der Waals surface area contributed by atoms with Gasteiger partial charge in [-0.05, 0) is 37.8 Å². The van der Waals surface area contributed by atoms with Crippen LogP contribution < -0.4 is 10.6 Å². The number of halogens is 1. The number of carbonyl (C=O) groups is 2. The molecular formula is C18H26FN3O3. The smallest absolute Gasteiger partial charge is 0.409 e. The van der Waals surface area contributed by atoms with E-state index in [2.05, 4.69) is 10.6 Å². The third-order valence-corrected chi connectivity index (χ3v) is 4.25. The Labute approximate surface area is 147 Å². The number of hydrogen-bond acceptors (Lipinski definition) is 4. The summed E-state index contributed by atoms with van der Waals surface area (Å²) in [6.45, 7) is 4.06. The Balaban J connectivity index is 1.60. The van der Waals surface area contributed by atoms with Gasteiger partial charge in [0.2, 0.25) is 5.91 Å². The molecule has 7 heteroatoms. The van der Waals surface area contributed by atoms with E-state index in [9.17, 15) is 14.0 Å². The van der Waals surface area contributed by atoms with Crippen LogP contribution in [-0.2, 0) is 16.0 Å². The van der Waals surface area contributed by atoms with Gasteiger partial charge in [0.25, 0.3) is 0 Å². The van der Waals surface area contributed by atoms with E-state index in [4.69, 9.17) is 4.74 Å². The number of hydrogen-bond donors (Lipinski definition) is 2. The highest BCUT2D eigenvalue weighted by molar-refractivity contribution is 5.78. The van der Waals surface area contributed by atoms with Gasteiger partial charge in [-0.2, -0.15) is 0 Å². The van der Waals surface area contributed by atoms with Gasteiger partial charge < -0.3 is 20.3 Å². The van der Waals surface area contributed by atoms with Crippen molar-refractivity contribution in [3.63, 3.8) is 0 Å². The Hall–Kier alpha value is -2.15. The molecule has 0 aromatic heterocycles. The summed E-state index contributed by atoms with van der Waals surface area (Å²) in [6.07, 6.45) is 1.78. The molecule has 0 spiro atoms. The second-order valence-corrected chi connectivity index (χ2v) is 6.03. The van der Waals surface area contributed by atoms with Gasteiger partial charge in [-0.3, -0.25) is 4.79 Å². The van der Waals surface area contributed by atoms with Crippen LogP contribution in [0.4, 0.5) is 9.18 Å². The molecule has 0 bridgehead atoms. The van der Waals surface area contributed by atoms with Crippen molar-refractivity contribution in [3.05, 3.63) is 35.6 Å². The monoisotopic (exact) mass is 351 g/mol. The molecule has 25 heavy (non-hydrogen) atoms. The Morgan fingerprint density at radius 2 is 2.00 bits per heavy atom. The van der Waals surface area contributed by atoms with E-state index in [0.717, 1.165) is 12.8 Å².